The summed E-state index contributed by atoms with van der Waals surface area (Å²) in [5.41, 5.74) is 2.42. The van der Waals surface area contributed by atoms with Gasteiger partial charge in [0.15, 0.2) is 0 Å². The Hall–Kier alpha value is -1.57. The third-order valence-corrected chi connectivity index (χ3v) is 4.51. The van der Waals surface area contributed by atoms with Crippen LogP contribution in [0.25, 0.3) is 0 Å². The molecule has 1 aromatic carbocycles. The number of benzene rings is 1. The molecule has 0 spiro atoms. The minimum Gasteiger partial charge on any atom is -0.382 e. The number of carbonyl (C=O) groups excluding carboxylic acids is 1. The molecule has 2 heteroatoms. The van der Waals surface area contributed by atoms with E-state index in [0.29, 0.717) is 12.2 Å². The molecule has 0 radical (unpaired) electrons. The minimum absolute atomic E-state index is 0.0753. The Labute approximate surface area is 128 Å². The highest BCUT2D eigenvalue weighted by Crippen LogP contribution is 2.42. The Morgan fingerprint density at radius 2 is 2.00 bits per heavy atom. The highest BCUT2D eigenvalue weighted by atomic mass is 16.1. The van der Waals surface area contributed by atoms with E-state index in [0.717, 1.165) is 18.5 Å². The molecular weight excluding hydrogens is 258 g/mol. The van der Waals surface area contributed by atoms with E-state index in [1.807, 2.05) is 30.3 Å². The van der Waals surface area contributed by atoms with Crippen LogP contribution in [0.5, 0.6) is 0 Å². The number of para-hydroxylation sites is 1. The maximum atomic E-state index is 12.7. The van der Waals surface area contributed by atoms with Gasteiger partial charge in [-0.3, -0.25) is 4.79 Å². The Morgan fingerprint density at radius 1 is 1.33 bits per heavy atom. The maximum absolute atomic E-state index is 12.7. The van der Waals surface area contributed by atoms with Crippen molar-refractivity contribution in [1.82, 2.24) is 0 Å². The summed E-state index contributed by atoms with van der Waals surface area (Å²) in [5.74, 6) is 0.440. The summed E-state index contributed by atoms with van der Waals surface area (Å²) in [4.78, 5) is 12.7. The third kappa shape index (κ3) is 3.96. The lowest BCUT2D eigenvalue weighted by Gasteiger charge is -2.38. The summed E-state index contributed by atoms with van der Waals surface area (Å²) in [6.45, 7) is 8.64. The lowest BCUT2D eigenvalue weighted by Crippen LogP contribution is -2.36. The van der Waals surface area contributed by atoms with E-state index in [1.165, 1.54) is 5.57 Å². The quantitative estimate of drug-likeness (QED) is 0.785. The molecule has 2 atom stereocenters. The number of hydrogen-bond donors (Lipinski definition) is 1. The fourth-order valence-corrected chi connectivity index (χ4v) is 3.53. The van der Waals surface area contributed by atoms with Crippen molar-refractivity contribution >= 4 is 11.5 Å². The Bertz CT molecular complexity index is 516. The number of allylic oxidation sites excluding steroid dienone is 2. The molecule has 0 saturated heterocycles. The van der Waals surface area contributed by atoms with Gasteiger partial charge in [0.2, 0.25) is 0 Å². The third-order valence-electron chi connectivity index (χ3n) is 4.51. The van der Waals surface area contributed by atoms with Crippen LogP contribution in [-0.4, -0.2) is 11.8 Å². The largest absolute Gasteiger partial charge is 0.382 e. The summed E-state index contributed by atoms with van der Waals surface area (Å²) >= 11 is 0. The molecule has 21 heavy (non-hydrogen) atoms. The number of carbonyl (C=O) groups is 1. The first-order valence-electron chi connectivity index (χ1n) is 7.91. The van der Waals surface area contributed by atoms with Gasteiger partial charge in [-0.1, -0.05) is 43.7 Å². The van der Waals surface area contributed by atoms with E-state index in [1.54, 1.807) is 0 Å². The van der Waals surface area contributed by atoms with Crippen LogP contribution in [0.1, 0.15) is 47.0 Å². The highest BCUT2D eigenvalue weighted by Gasteiger charge is 2.37. The van der Waals surface area contributed by atoms with Gasteiger partial charge in [-0.2, -0.15) is 0 Å². The topological polar surface area (TPSA) is 29.1 Å². The van der Waals surface area contributed by atoms with E-state index >= 15 is 0 Å². The average molecular weight is 285 g/mol. The zero-order chi connectivity index (χ0) is 15.5. The Morgan fingerprint density at radius 3 is 2.62 bits per heavy atom. The standard InChI is InChI=1S/C19H27NO/c1-14-9-8-12-19(3,4)18(14)17(21)13-15(2)20-16-10-6-5-7-11-16/h5-7,9-11,15,18,20H,8,12-13H2,1-4H3/t15-,18-/m1/s1. The van der Waals surface area contributed by atoms with Gasteiger partial charge in [0.25, 0.3) is 0 Å². The molecular formula is C19H27NO. The van der Waals surface area contributed by atoms with Gasteiger partial charge in [-0.25, -0.2) is 0 Å². The number of hydrogen-bond acceptors (Lipinski definition) is 2. The highest BCUT2D eigenvalue weighted by molar-refractivity contribution is 5.85. The van der Waals surface area contributed by atoms with Crippen LogP contribution in [0.3, 0.4) is 0 Å². The second kappa shape index (κ2) is 6.46. The smallest absolute Gasteiger partial charge is 0.142 e. The van der Waals surface area contributed by atoms with Crippen LogP contribution < -0.4 is 5.32 Å². The zero-order valence-electron chi connectivity index (χ0n) is 13.6. The van der Waals surface area contributed by atoms with Crippen LogP contribution in [0, 0.1) is 11.3 Å². The lowest BCUT2D eigenvalue weighted by molar-refractivity contribution is -0.125. The number of ketones is 1. The zero-order valence-corrected chi connectivity index (χ0v) is 13.6. The Balaban J connectivity index is 2.00. The van der Waals surface area contributed by atoms with Gasteiger partial charge < -0.3 is 5.32 Å². The van der Waals surface area contributed by atoms with Crippen LogP contribution in [0.2, 0.25) is 0 Å². The molecule has 0 heterocycles. The van der Waals surface area contributed by atoms with E-state index in [-0.39, 0.29) is 17.4 Å². The van der Waals surface area contributed by atoms with Crippen LogP contribution in [0.15, 0.2) is 42.0 Å². The SMILES string of the molecule is CC1=CCCC(C)(C)[C@H]1C(=O)C[C@@H](C)Nc1ccccc1. The molecule has 0 unspecified atom stereocenters. The molecule has 1 aliphatic carbocycles. The molecule has 0 amide bonds. The summed E-state index contributed by atoms with van der Waals surface area (Å²) in [6, 6.07) is 10.3. The van der Waals surface area contributed by atoms with Gasteiger partial charge in [0.05, 0.1) is 0 Å². The minimum atomic E-state index is 0.0753. The van der Waals surface area contributed by atoms with Crippen molar-refractivity contribution in [3.8, 4) is 0 Å². The summed E-state index contributed by atoms with van der Waals surface area (Å²) in [6.07, 6.45) is 5.01. The van der Waals surface area contributed by atoms with Crippen molar-refractivity contribution in [2.45, 2.75) is 53.0 Å². The van der Waals surface area contributed by atoms with Crippen LogP contribution >= 0.6 is 0 Å². The predicted octanol–water partition coefficient (Wildman–Crippen LogP) is 4.83. The fourth-order valence-electron chi connectivity index (χ4n) is 3.53. The average Bonchev–Trinajstić information content (AvgIpc) is 2.38. The van der Waals surface area contributed by atoms with Crippen molar-refractivity contribution in [2.24, 2.45) is 11.3 Å². The number of Topliss-reactive ketones (excluding diaryl/α,β-unsaturated/α-hetero) is 1. The van der Waals surface area contributed by atoms with Gasteiger partial charge in [-0.05, 0) is 44.2 Å². The molecule has 1 aliphatic rings. The number of nitrogens with one attached hydrogen (secondary N) is 1. The van der Waals surface area contributed by atoms with Gasteiger partial charge in [0, 0.05) is 24.1 Å². The second-order valence-electron chi connectivity index (χ2n) is 6.99. The van der Waals surface area contributed by atoms with E-state index < -0.39 is 0 Å². The fraction of sp³-hybridized carbons (Fsp3) is 0.526. The molecule has 2 rings (SSSR count). The normalized spacial score (nSPS) is 22.3. The molecule has 0 fully saturated rings. The molecule has 114 valence electrons. The van der Waals surface area contributed by atoms with E-state index in [2.05, 4.69) is 39.1 Å². The first-order valence-corrected chi connectivity index (χ1v) is 7.91. The van der Waals surface area contributed by atoms with Crippen molar-refractivity contribution in [2.75, 3.05) is 5.32 Å². The van der Waals surface area contributed by atoms with Crippen molar-refractivity contribution in [3.63, 3.8) is 0 Å². The van der Waals surface area contributed by atoms with E-state index in [4.69, 9.17) is 0 Å². The number of anilines is 1. The van der Waals surface area contributed by atoms with Crippen LogP contribution in [-0.2, 0) is 4.79 Å². The Kier molecular flexibility index (Phi) is 4.87. The molecule has 0 bridgehead atoms. The molecule has 0 aliphatic heterocycles. The van der Waals surface area contributed by atoms with Crippen molar-refractivity contribution in [3.05, 3.63) is 42.0 Å². The first-order chi connectivity index (χ1) is 9.90. The van der Waals surface area contributed by atoms with Crippen molar-refractivity contribution < 1.29 is 4.79 Å². The molecule has 2 nitrogen and oxygen atoms in total. The predicted molar refractivity (Wildman–Crippen MR) is 89.4 cm³/mol. The molecule has 0 saturated carbocycles. The summed E-state index contributed by atoms with van der Waals surface area (Å²) in [5, 5.41) is 3.41. The molecule has 0 aromatic heterocycles. The van der Waals surface area contributed by atoms with Crippen molar-refractivity contribution in [1.29, 1.82) is 0 Å². The van der Waals surface area contributed by atoms with Gasteiger partial charge >= 0.3 is 0 Å². The summed E-state index contributed by atoms with van der Waals surface area (Å²) in [7, 11) is 0. The lowest BCUT2D eigenvalue weighted by atomic mass is 9.66. The van der Waals surface area contributed by atoms with Crippen LogP contribution in [0.4, 0.5) is 5.69 Å². The monoisotopic (exact) mass is 285 g/mol. The molecule has 1 aromatic rings. The van der Waals surface area contributed by atoms with Gasteiger partial charge in [0.1, 0.15) is 5.78 Å². The molecule has 1 N–H and O–H groups in total. The summed E-state index contributed by atoms with van der Waals surface area (Å²) < 4.78 is 0. The number of rotatable bonds is 5. The maximum Gasteiger partial charge on any atom is 0.142 e. The van der Waals surface area contributed by atoms with E-state index in [9.17, 15) is 4.79 Å². The van der Waals surface area contributed by atoms with Gasteiger partial charge in [-0.15, -0.1) is 0 Å². The second-order valence-corrected chi connectivity index (χ2v) is 6.99. The first kappa shape index (κ1) is 15.8.